The lowest BCUT2D eigenvalue weighted by Gasteiger charge is -2.00. The highest BCUT2D eigenvalue weighted by molar-refractivity contribution is 6.03. The number of benzene rings is 1. The number of hydrogen-bond acceptors (Lipinski definition) is 3. The molecule has 5 heteroatoms. The number of amides is 1. The largest absolute Gasteiger partial charge is 0.409 e. The Morgan fingerprint density at radius 2 is 2.36 bits per heavy atom. The fourth-order valence-electron chi connectivity index (χ4n) is 1.43. The van der Waals surface area contributed by atoms with Crippen LogP contribution in [0.15, 0.2) is 23.4 Å². The Hall–Kier alpha value is -2.04. The Kier molecular flexibility index (Phi) is 1.85. The Morgan fingerprint density at radius 1 is 1.57 bits per heavy atom. The second-order valence-corrected chi connectivity index (χ2v) is 3.04. The predicted octanol–water partition coefficient (Wildman–Crippen LogP) is 0.0245. The van der Waals surface area contributed by atoms with E-state index in [4.69, 9.17) is 10.9 Å². The van der Waals surface area contributed by atoms with Crippen LogP contribution in [0.5, 0.6) is 0 Å². The molecule has 1 aromatic rings. The summed E-state index contributed by atoms with van der Waals surface area (Å²) in [7, 11) is 0. The van der Waals surface area contributed by atoms with Crippen LogP contribution in [0.2, 0.25) is 0 Å². The number of fused-ring (bicyclic) bond motifs is 1. The van der Waals surface area contributed by atoms with E-state index in [0.717, 1.165) is 5.56 Å². The molecule has 72 valence electrons. The minimum Gasteiger partial charge on any atom is -0.409 e. The number of carbonyl (C=O) groups is 1. The van der Waals surface area contributed by atoms with Crippen LogP contribution in [0, 0.1) is 0 Å². The van der Waals surface area contributed by atoms with Gasteiger partial charge in [0, 0.05) is 17.7 Å². The zero-order chi connectivity index (χ0) is 10.1. The standard InChI is InChI=1S/C9H9N3O2/c10-8(12-14)5-1-2-6-4-11-9(13)7(6)3-5/h1-3,14H,4H2,(H2,10,12)(H,11,13). The molecule has 1 aliphatic rings. The van der Waals surface area contributed by atoms with Crippen molar-refractivity contribution in [2.75, 3.05) is 0 Å². The van der Waals surface area contributed by atoms with Crippen LogP contribution < -0.4 is 11.1 Å². The van der Waals surface area contributed by atoms with Gasteiger partial charge >= 0.3 is 0 Å². The van der Waals surface area contributed by atoms with Gasteiger partial charge in [0.05, 0.1) is 0 Å². The van der Waals surface area contributed by atoms with Crippen molar-refractivity contribution in [3.63, 3.8) is 0 Å². The molecule has 4 N–H and O–H groups in total. The summed E-state index contributed by atoms with van der Waals surface area (Å²) in [6.07, 6.45) is 0. The van der Waals surface area contributed by atoms with Crippen LogP contribution in [0.1, 0.15) is 21.5 Å². The molecule has 0 atom stereocenters. The predicted molar refractivity (Wildman–Crippen MR) is 50.1 cm³/mol. The number of nitrogens with two attached hydrogens (primary N) is 1. The van der Waals surface area contributed by atoms with Gasteiger partial charge in [-0.2, -0.15) is 0 Å². The van der Waals surface area contributed by atoms with Crippen LogP contribution >= 0.6 is 0 Å². The van der Waals surface area contributed by atoms with Gasteiger partial charge in [0.25, 0.3) is 5.91 Å². The molecule has 0 spiro atoms. The van der Waals surface area contributed by atoms with Gasteiger partial charge in [0.1, 0.15) is 0 Å². The SMILES string of the molecule is N/C(=N/O)c1ccc2c(c1)C(=O)NC2. The molecular formula is C9H9N3O2. The fourth-order valence-corrected chi connectivity index (χ4v) is 1.43. The molecule has 0 unspecified atom stereocenters. The normalized spacial score (nSPS) is 15.1. The molecular weight excluding hydrogens is 182 g/mol. The monoisotopic (exact) mass is 191 g/mol. The summed E-state index contributed by atoms with van der Waals surface area (Å²) < 4.78 is 0. The zero-order valence-electron chi connectivity index (χ0n) is 7.32. The average Bonchev–Trinajstić information content (AvgIpc) is 2.59. The number of nitrogens with zero attached hydrogens (tertiary/aromatic N) is 1. The first-order valence-corrected chi connectivity index (χ1v) is 4.11. The maximum atomic E-state index is 11.3. The van der Waals surface area contributed by atoms with E-state index < -0.39 is 0 Å². The van der Waals surface area contributed by atoms with E-state index in [1.165, 1.54) is 0 Å². The highest BCUT2D eigenvalue weighted by Crippen LogP contribution is 2.16. The van der Waals surface area contributed by atoms with Gasteiger partial charge in [-0.25, -0.2) is 0 Å². The lowest BCUT2D eigenvalue weighted by atomic mass is 10.1. The van der Waals surface area contributed by atoms with Crippen molar-refractivity contribution in [1.29, 1.82) is 0 Å². The molecule has 0 bridgehead atoms. The lowest BCUT2D eigenvalue weighted by molar-refractivity contribution is 0.0965. The first kappa shape index (κ1) is 8.55. The number of amidine groups is 1. The van der Waals surface area contributed by atoms with Gasteiger partial charge in [0.15, 0.2) is 5.84 Å². The third kappa shape index (κ3) is 1.19. The Bertz CT molecular complexity index is 426. The highest BCUT2D eigenvalue weighted by atomic mass is 16.4. The number of oxime groups is 1. The summed E-state index contributed by atoms with van der Waals surface area (Å²) in [5, 5.41) is 14.0. The van der Waals surface area contributed by atoms with Crippen LogP contribution in [0.25, 0.3) is 0 Å². The molecule has 2 rings (SSSR count). The third-order valence-electron chi connectivity index (χ3n) is 2.20. The smallest absolute Gasteiger partial charge is 0.251 e. The minimum absolute atomic E-state index is 0.00694. The maximum absolute atomic E-state index is 11.3. The van der Waals surface area contributed by atoms with Gasteiger partial charge < -0.3 is 16.3 Å². The maximum Gasteiger partial charge on any atom is 0.251 e. The molecule has 0 saturated heterocycles. The second-order valence-electron chi connectivity index (χ2n) is 3.04. The highest BCUT2D eigenvalue weighted by Gasteiger charge is 2.19. The molecule has 14 heavy (non-hydrogen) atoms. The van der Waals surface area contributed by atoms with Crippen molar-refractivity contribution >= 4 is 11.7 Å². The summed E-state index contributed by atoms with van der Waals surface area (Å²) in [6, 6.07) is 5.13. The molecule has 0 radical (unpaired) electrons. The van der Waals surface area contributed by atoms with Crippen LogP contribution in [-0.4, -0.2) is 17.0 Å². The molecule has 1 amide bonds. The van der Waals surface area contributed by atoms with Crippen LogP contribution in [0.3, 0.4) is 0 Å². The Labute approximate surface area is 80.2 Å². The summed E-state index contributed by atoms with van der Waals surface area (Å²) in [4.78, 5) is 11.3. The summed E-state index contributed by atoms with van der Waals surface area (Å²) >= 11 is 0. The van der Waals surface area contributed by atoms with E-state index in [0.29, 0.717) is 17.7 Å². The summed E-state index contributed by atoms with van der Waals surface area (Å²) in [5.41, 5.74) is 7.47. The first-order valence-electron chi connectivity index (χ1n) is 4.11. The average molecular weight is 191 g/mol. The van der Waals surface area contributed by atoms with E-state index in [2.05, 4.69) is 10.5 Å². The number of carbonyl (C=O) groups excluding carboxylic acids is 1. The zero-order valence-corrected chi connectivity index (χ0v) is 7.32. The van der Waals surface area contributed by atoms with Crippen LogP contribution in [-0.2, 0) is 6.54 Å². The molecule has 0 aromatic heterocycles. The molecule has 0 saturated carbocycles. The van der Waals surface area contributed by atoms with Crippen molar-refractivity contribution < 1.29 is 10.0 Å². The first-order chi connectivity index (χ1) is 6.72. The second kappa shape index (κ2) is 3.02. The third-order valence-corrected chi connectivity index (χ3v) is 2.20. The van der Waals surface area contributed by atoms with Gasteiger partial charge in [-0.05, 0) is 11.6 Å². The van der Waals surface area contributed by atoms with Gasteiger partial charge in [-0.3, -0.25) is 4.79 Å². The van der Waals surface area contributed by atoms with E-state index in [9.17, 15) is 4.79 Å². The topological polar surface area (TPSA) is 87.7 Å². The van der Waals surface area contributed by atoms with Gasteiger partial charge in [0.2, 0.25) is 0 Å². The van der Waals surface area contributed by atoms with Crippen molar-refractivity contribution in [1.82, 2.24) is 5.32 Å². The van der Waals surface area contributed by atoms with Crippen molar-refractivity contribution in [2.24, 2.45) is 10.9 Å². The van der Waals surface area contributed by atoms with E-state index in [1.807, 2.05) is 0 Å². The van der Waals surface area contributed by atoms with Crippen molar-refractivity contribution in [3.8, 4) is 0 Å². The lowest BCUT2D eigenvalue weighted by Crippen LogP contribution is -2.15. The van der Waals surface area contributed by atoms with E-state index in [1.54, 1.807) is 18.2 Å². The van der Waals surface area contributed by atoms with E-state index in [-0.39, 0.29) is 11.7 Å². The Balaban J connectivity index is 2.50. The summed E-state index contributed by atoms with van der Waals surface area (Å²) in [6.45, 7) is 0.546. The number of hydrogen-bond donors (Lipinski definition) is 3. The molecule has 1 heterocycles. The molecule has 5 nitrogen and oxygen atoms in total. The van der Waals surface area contributed by atoms with Crippen LogP contribution in [0.4, 0.5) is 0 Å². The molecule has 0 aliphatic carbocycles. The van der Waals surface area contributed by atoms with Gasteiger partial charge in [-0.1, -0.05) is 17.3 Å². The number of nitrogens with one attached hydrogen (secondary N) is 1. The fraction of sp³-hybridized carbons (Fsp3) is 0.111. The minimum atomic E-state index is -0.118. The van der Waals surface area contributed by atoms with E-state index >= 15 is 0 Å². The number of rotatable bonds is 1. The van der Waals surface area contributed by atoms with Gasteiger partial charge in [-0.15, -0.1) is 0 Å². The van der Waals surface area contributed by atoms with Crippen molar-refractivity contribution in [2.45, 2.75) is 6.54 Å². The molecule has 1 aromatic carbocycles. The molecule has 0 fully saturated rings. The Morgan fingerprint density at radius 3 is 3.07 bits per heavy atom. The molecule has 1 aliphatic heterocycles. The van der Waals surface area contributed by atoms with Crippen molar-refractivity contribution in [3.05, 3.63) is 34.9 Å². The quantitative estimate of drug-likeness (QED) is 0.253. The summed E-state index contributed by atoms with van der Waals surface area (Å²) in [5.74, 6) is -0.111.